The van der Waals surface area contributed by atoms with Crippen molar-refractivity contribution in [1.82, 2.24) is 9.97 Å². The van der Waals surface area contributed by atoms with Crippen LogP contribution in [0.4, 0.5) is 10.1 Å². The molecule has 1 aromatic heterocycles. The van der Waals surface area contributed by atoms with Crippen molar-refractivity contribution in [1.29, 1.82) is 5.26 Å². The van der Waals surface area contributed by atoms with Crippen LogP contribution in [-0.4, -0.2) is 15.9 Å². The molecule has 23 heavy (non-hydrogen) atoms. The summed E-state index contributed by atoms with van der Waals surface area (Å²) >= 11 is 0. The Bertz CT molecular complexity index is 1020. The number of carbonyl (C=O) groups excluding carboxylic acids is 1. The summed E-state index contributed by atoms with van der Waals surface area (Å²) in [7, 11) is 0. The molecule has 2 aromatic carbocycles. The van der Waals surface area contributed by atoms with Crippen LogP contribution in [-0.2, 0) is 0 Å². The van der Waals surface area contributed by atoms with Gasteiger partial charge in [0.05, 0.1) is 23.0 Å². The Kier molecular flexibility index (Phi) is 3.57. The van der Waals surface area contributed by atoms with E-state index in [-0.39, 0.29) is 16.7 Å². The van der Waals surface area contributed by atoms with Crippen molar-refractivity contribution < 1.29 is 9.18 Å². The number of nitriles is 1. The van der Waals surface area contributed by atoms with Gasteiger partial charge in [0.2, 0.25) is 0 Å². The number of amides is 1. The molecule has 0 atom stereocenters. The third kappa shape index (κ3) is 2.65. The van der Waals surface area contributed by atoms with Gasteiger partial charge < -0.3 is 10.3 Å². The molecule has 0 aliphatic heterocycles. The summed E-state index contributed by atoms with van der Waals surface area (Å²) in [4.78, 5) is 30.5. The van der Waals surface area contributed by atoms with E-state index in [0.717, 1.165) is 12.1 Å². The Morgan fingerprint density at radius 2 is 2.13 bits per heavy atom. The maximum absolute atomic E-state index is 13.3. The normalized spacial score (nSPS) is 10.3. The molecule has 0 aliphatic rings. The number of H-pyrrole nitrogens is 1. The summed E-state index contributed by atoms with van der Waals surface area (Å²) in [5.74, 6) is -1.22. The standard InChI is InChI=1S/C16H9FN4O2/c17-12-5-4-9(6-10(12)7-18)15(22)21-13-3-1-2-11-14(13)19-8-20-16(11)23/h1-6,8H,(H,21,22)(H,19,20,23). The third-order valence-electron chi connectivity index (χ3n) is 3.27. The van der Waals surface area contributed by atoms with Crippen LogP contribution in [0, 0.1) is 17.1 Å². The van der Waals surface area contributed by atoms with Gasteiger partial charge in [-0.05, 0) is 30.3 Å². The fourth-order valence-electron chi connectivity index (χ4n) is 2.15. The minimum Gasteiger partial charge on any atom is -0.320 e. The first-order chi connectivity index (χ1) is 11.1. The van der Waals surface area contributed by atoms with Crippen LogP contribution in [0.15, 0.2) is 47.5 Å². The van der Waals surface area contributed by atoms with Gasteiger partial charge in [0.1, 0.15) is 17.4 Å². The van der Waals surface area contributed by atoms with Crippen molar-refractivity contribution in [2.45, 2.75) is 0 Å². The first-order valence-corrected chi connectivity index (χ1v) is 6.57. The number of hydrogen-bond acceptors (Lipinski definition) is 4. The average molecular weight is 308 g/mol. The van der Waals surface area contributed by atoms with Crippen molar-refractivity contribution in [3.8, 4) is 6.07 Å². The molecule has 2 N–H and O–H groups in total. The summed E-state index contributed by atoms with van der Waals surface area (Å²) in [6.07, 6.45) is 1.24. The van der Waals surface area contributed by atoms with Crippen molar-refractivity contribution in [2.24, 2.45) is 0 Å². The zero-order valence-corrected chi connectivity index (χ0v) is 11.6. The maximum Gasteiger partial charge on any atom is 0.258 e. The number of nitrogens with zero attached hydrogens (tertiary/aromatic N) is 2. The molecule has 0 saturated heterocycles. The molecule has 3 aromatic rings. The van der Waals surface area contributed by atoms with E-state index in [2.05, 4.69) is 15.3 Å². The number of halogens is 1. The fourth-order valence-corrected chi connectivity index (χ4v) is 2.15. The first-order valence-electron chi connectivity index (χ1n) is 6.57. The summed E-state index contributed by atoms with van der Waals surface area (Å²) in [5, 5.41) is 11.8. The minimum atomic E-state index is -0.692. The lowest BCUT2D eigenvalue weighted by Gasteiger charge is -2.08. The van der Waals surface area contributed by atoms with Gasteiger partial charge in [-0.15, -0.1) is 0 Å². The highest BCUT2D eigenvalue weighted by Gasteiger charge is 2.12. The number of aromatic amines is 1. The number of anilines is 1. The highest BCUT2D eigenvalue weighted by Crippen LogP contribution is 2.19. The van der Waals surface area contributed by atoms with Crippen molar-refractivity contribution in [3.63, 3.8) is 0 Å². The topological polar surface area (TPSA) is 98.6 Å². The van der Waals surface area contributed by atoms with Gasteiger partial charge in [0.25, 0.3) is 11.5 Å². The molecular formula is C16H9FN4O2. The predicted molar refractivity (Wildman–Crippen MR) is 81.4 cm³/mol. The molecule has 3 rings (SSSR count). The van der Waals surface area contributed by atoms with Crippen molar-refractivity contribution in [3.05, 3.63) is 70.0 Å². The number of fused-ring (bicyclic) bond motifs is 1. The second-order valence-corrected chi connectivity index (χ2v) is 4.69. The predicted octanol–water partition coefficient (Wildman–Crippen LogP) is 2.19. The Morgan fingerprint density at radius 1 is 1.30 bits per heavy atom. The van der Waals surface area contributed by atoms with Gasteiger partial charge in [0.15, 0.2) is 0 Å². The van der Waals surface area contributed by atoms with Crippen LogP contribution in [0.5, 0.6) is 0 Å². The van der Waals surface area contributed by atoms with E-state index in [1.807, 2.05) is 0 Å². The van der Waals surface area contributed by atoms with Crippen LogP contribution in [0.1, 0.15) is 15.9 Å². The minimum absolute atomic E-state index is 0.129. The zero-order valence-electron chi connectivity index (χ0n) is 11.6. The SMILES string of the molecule is N#Cc1cc(C(=O)Nc2cccc3c(=O)[nH]cnc23)ccc1F. The Balaban J connectivity index is 2.00. The summed E-state index contributed by atoms with van der Waals surface area (Å²) < 4.78 is 13.3. The fraction of sp³-hybridized carbons (Fsp3) is 0. The number of nitrogens with one attached hydrogen (secondary N) is 2. The zero-order chi connectivity index (χ0) is 16.4. The quantitative estimate of drug-likeness (QED) is 0.758. The van der Waals surface area contributed by atoms with Crippen LogP contribution >= 0.6 is 0 Å². The number of hydrogen-bond donors (Lipinski definition) is 2. The van der Waals surface area contributed by atoms with E-state index >= 15 is 0 Å². The van der Waals surface area contributed by atoms with Crippen molar-refractivity contribution >= 4 is 22.5 Å². The second kappa shape index (κ2) is 5.69. The highest BCUT2D eigenvalue weighted by atomic mass is 19.1. The number of aromatic nitrogens is 2. The smallest absolute Gasteiger partial charge is 0.258 e. The van der Waals surface area contributed by atoms with Gasteiger partial charge >= 0.3 is 0 Å². The summed E-state index contributed by atoms with van der Waals surface area (Å²) in [6, 6.07) is 9.97. The number of para-hydroxylation sites is 1. The van der Waals surface area contributed by atoms with E-state index in [1.54, 1.807) is 24.3 Å². The summed E-state index contributed by atoms with van der Waals surface area (Å²) in [6.45, 7) is 0. The monoisotopic (exact) mass is 308 g/mol. The van der Waals surface area contributed by atoms with Crippen LogP contribution in [0.2, 0.25) is 0 Å². The number of carbonyl (C=O) groups is 1. The molecule has 112 valence electrons. The van der Waals surface area contributed by atoms with Crippen LogP contribution < -0.4 is 10.9 Å². The van der Waals surface area contributed by atoms with E-state index in [1.165, 1.54) is 12.4 Å². The largest absolute Gasteiger partial charge is 0.320 e. The molecule has 0 radical (unpaired) electrons. The third-order valence-corrected chi connectivity index (χ3v) is 3.27. The molecule has 0 spiro atoms. The molecule has 1 heterocycles. The van der Waals surface area contributed by atoms with Crippen LogP contribution in [0.3, 0.4) is 0 Å². The molecule has 1 amide bonds. The Morgan fingerprint density at radius 3 is 2.91 bits per heavy atom. The molecular weight excluding hydrogens is 299 g/mol. The second-order valence-electron chi connectivity index (χ2n) is 4.69. The number of rotatable bonds is 2. The lowest BCUT2D eigenvalue weighted by Crippen LogP contribution is -2.14. The van der Waals surface area contributed by atoms with Gasteiger partial charge in [-0.3, -0.25) is 9.59 Å². The highest BCUT2D eigenvalue weighted by molar-refractivity contribution is 6.08. The van der Waals surface area contributed by atoms with Crippen molar-refractivity contribution in [2.75, 3.05) is 5.32 Å². The van der Waals surface area contributed by atoms with E-state index in [0.29, 0.717) is 16.6 Å². The molecule has 7 heteroatoms. The maximum atomic E-state index is 13.3. The van der Waals surface area contributed by atoms with Gasteiger partial charge in [-0.25, -0.2) is 9.37 Å². The molecule has 0 saturated carbocycles. The first kappa shape index (κ1) is 14.4. The summed E-state index contributed by atoms with van der Waals surface area (Å²) in [5.41, 5.74) is 0.281. The molecule has 0 fully saturated rings. The van der Waals surface area contributed by atoms with Gasteiger partial charge in [-0.2, -0.15) is 5.26 Å². The van der Waals surface area contributed by atoms with Crippen LogP contribution in [0.25, 0.3) is 10.9 Å². The molecule has 0 bridgehead atoms. The van der Waals surface area contributed by atoms with Gasteiger partial charge in [0, 0.05) is 5.56 Å². The molecule has 0 aliphatic carbocycles. The number of benzene rings is 2. The average Bonchev–Trinajstić information content (AvgIpc) is 2.56. The van der Waals surface area contributed by atoms with E-state index in [4.69, 9.17) is 5.26 Å². The molecule has 6 nitrogen and oxygen atoms in total. The lowest BCUT2D eigenvalue weighted by molar-refractivity contribution is 0.102. The van der Waals surface area contributed by atoms with E-state index in [9.17, 15) is 14.0 Å². The van der Waals surface area contributed by atoms with E-state index < -0.39 is 11.7 Å². The Hall–Kier alpha value is -3.53. The Labute approximate surface area is 129 Å². The lowest BCUT2D eigenvalue weighted by atomic mass is 10.1. The van der Waals surface area contributed by atoms with Gasteiger partial charge in [-0.1, -0.05) is 6.07 Å². The molecule has 0 unspecified atom stereocenters.